The molecular formula is C18H17BrCl2N6O5. The number of nitro groups is 2. The Morgan fingerprint density at radius 2 is 1.72 bits per heavy atom. The highest BCUT2D eigenvalue weighted by atomic mass is 79.9. The second kappa shape index (κ2) is 10.7. The molecule has 0 radical (unpaired) electrons. The Bertz CT molecular complexity index is 1090. The molecule has 0 aliphatic rings. The van der Waals surface area contributed by atoms with Gasteiger partial charge < -0.3 is 10.2 Å². The van der Waals surface area contributed by atoms with Crippen LogP contribution in [0.4, 0.5) is 34.1 Å². The molecule has 0 aromatic heterocycles. The fraction of sp³-hybridized carbons (Fsp3) is 0.278. The number of halogens is 3. The number of nitrogens with zero attached hydrogens (tertiary/aromatic N) is 5. The van der Waals surface area contributed by atoms with Crippen LogP contribution >= 0.6 is 39.1 Å². The second-order valence-electron chi connectivity index (χ2n) is 6.45. The van der Waals surface area contributed by atoms with Gasteiger partial charge >= 0.3 is 5.69 Å². The summed E-state index contributed by atoms with van der Waals surface area (Å²) in [5.74, 6) is -0.384. The number of alkyl halides is 2. The summed E-state index contributed by atoms with van der Waals surface area (Å²) in [7, 11) is 0. The molecule has 14 heteroatoms. The van der Waals surface area contributed by atoms with Gasteiger partial charge in [0.05, 0.1) is 26.1 Å². The van der Waals surface area contributed by atoms with E-state index in [0.717, 1.165) is 12.1 Å². The van der Waals surface area contributed by atoms with Crippen molar-refractivity contribution in [3.63, 3.8) is 0 Å². The smallest absolute Gasteiger partial charge is 0.304 e. The molecule has 32 heavy (non-hydrogen) atoms. The highest BCUT2D eigenvalue weighted by molar-refractivity contribution is 9.10. The summed E-state index contributed by atoms with van der Waals surface area (Å²) < 4.78 is 0.0120. The number of hydrogen-bond acceptors (Lipinski definition) is 8. The van der Waals surface area contributed by atoms with Gasteiger partial charge in [-0.25, -0.2) is 0 Å². The molecule has 2 unspecified atom stereocenters. The molecule has 1 N–H and O–H groups in total. The standard InChI is InChI=1S/C18H17BrCl2N6O5/c1-9(20)25(10(2)21)12-4-5-15(16(7-12)22-11(3)28)23-24-18-14(19)6-13(26(29)30)8-17(18)27(31)32/h4-10H,1-3H3,(H,22,28). The molecular weight excluding hydrogens is 531 g/mol. The fourth-order valence-corrected chi connectivity index (χ4v) is 3.91. The van der Waals surface area contributed by atoms with Crippen molar-refractivity contribution in [2.75, 3.05) is 10.2 Å². The van der Waals surface area contributed by atoms with Gasteiger partial charge in [0.25, 0.3) is 5.69 Å². The molecule has 0 spiro atoms. The number of azo groups is 1. The van der Waals surface area contributed by atoms with Crippen LogP contribution in [-0.2, 0) is 4.79 Å². The summed E-state index contributed by atoms with van der Waals surface area (Å²) >= 11 is 15.5. The van der Waals surface area contributed by atoms with Crippen LogP contribution in [0, 0.1) is 20.2 Å². The number of hydrogen-bond donors (Lipinski definition) is 1. The molecule has 0 saturated heterocycles. The Morgan fingerprint density at radius 3 is 2.22 bits per heavy atom. The summed E-state index contributed by atoms with van der Waals surface area (Å²) in [4.78, 5) is 34.2. The molecule has 0 aliphatic heterocycles. The van der Waals surface area contributed by atoms with Crippen LogP contribution in [0.1, 0.15) is 20.8 Å². The van der Waals surface area contributed by atoms with Crippen molar-refractivity contribution < 1.29 is 14.6 Å². The third-order valence-corrected chi connectivity index (χ3v) is 5.07. The predicted octanol–water partition coefficient (Wildman–Crippen LogP) is 6.62. The normalized spacial score (nSPS) is 12.9. The monoisotopic (exact) mass is 546 g/mol. The molecule has 170 valence electrons. The van der Waals surface area contributed by atoms with E-state index in [1.807, 2.05) is 0 Å². The maximum absolute atomic E-state index is 11.7. The topological polar surface area (TPSA) is 143 Å². The second-order valence-corrected chi connectivity index (χ2v) is 8.57. The Balaban J connectivity index is 2.58. The van der Waals surface area contributed by atoms with Gasteiger partial charge in [-0.1, -0.05) is 23.2 Å². The lowest BCUT2D eigenvalue weighted by Gasteiger charge is -2.30. The molecule has 0 bridgehead atoms. The van der Waals surface area contributed by atoms with E-state index in [2.05, 4.69) is 31.5 Å². The zero-order valence-corrected chi connectivity index (χ0v) is 20.1. The van der Waals surface area contributed by atoms with Gasteiger partial charge in [-0.3, -0.25) is 25.0 Å². The number of rotatable bonds is 8. The zero-order valence-electron chi connectivity index (χ0n) is 17.0. The first-order chi connectivity index (χ1) is 14.9. The molecule has 0 heterocycles. The first kappa shape index (κ1) is 25.4. The van der Waals surface area contributed by atoms with E-state index in [9.17, 15) is 25.0 Å². The number of amides is 1. The average molecular weight is 548 g/mol. The minimum absolute atomic E-state index is 0.0120. The molecule has 2 aromatic rings. The highest BCUT2D eigenvalue weighted by Crippen LogP contribution is 2.41. The first-order valence-electron chi connectivity index (χ1n) is 8.94. The third-order valence-electron chi connectivity index (χ3n) is 4.05. The van der Waals surface area contributed by atoms with Crippen LogP contribution in [0.15, 0.2) is 45.0 Å². The predicted molar refractivity (Wildman–Crippen MR) is 125 cm³/mol. The van der Waals surface area contributed by atoms with E-state index in [1.165, 1.54) is 13.0 Å². The van der Waals surface area contributed by atoms with Crippen molar-refractivity contribution in [2.24, 2.45) is 10.2 Å². The number of nitrogens with one attached hydrogen (secondary N) is 1. The Hall–Kier alpha value is -2.83. The highest BCUT2D eigenvalue weighted by Gasteiger charge is 2.24. The Kier molecular flexibility index (Phi) is 8.47. The summed E-state index contributed by atoms with van der Waals surface area (Å²) in [5.41, 5.74) is -1.17. The lowest BCUT2D eigenvalue weighted by Crippen LogP contribution is -2.34. The van der Waals surface area contributed by atoms with Crippen LogP contribution in [0.25, 0.3) is 0 Å². The minimum Gasteiger partial charge on any atom is -0.339 e. The number of benzene rings is 2. The number of non-ortho nitro benzene ring substituents is 1. The fourth-order valence-electron chi connectivity index (χ4n) is 2.77. The molecule has 0 fully saturated rings. The number of carbonyl (C=O) groups excluding carboxylic acids is 1. The summed E-state index contributed by atoms with van der Waals surface area (Å²) in [5, 5.41) is 32.9. The van der Waals surface area contributed by atoms with Gasteiger partial charge in [0.15, 0.2) is 5.69 Å². The van der Waals surface area contributed by atoms with Gasteiger partial charge in [-0.2, -0.15) is 0 Å². The number of anilines is 2. The lowest BCUT2D eigenvalue weighted by atomic mass is 10.2. The summed E-state index contributed by atoms with van der Waals surface area (Å²) in [6, 6.07) is 6.64. The minimum atomic E-state index is -0.800. The van der Waals surface area contributed by atoms with Crippen molar-refractivity contribution in [3.05, 3.63) is 55.0 Å². The average Bonchev–Trinajstić information content (AvgIpc) is 2.66. The third kappa shape index (κ3) is 6.11. The van der Waals surface area contributed by atoms with Gasteiger partial charge in [-0.15, -0.1) is 10.2 Å². The van der Waals surface area contributed by atoms with Gasteiger partial charge in [0, 0.05) is 18.7 Å². The van der Waals surface area contributed by atoms with E-state index in [1.54, 1.807) is 30.9 Å². The molecule has 11 nitrogen and oxygen atoms in total. The molecule has 0 saturated carbocycles. The van der Waals surface area contributed by atoms with Gasteiger partial charge in [-0.05, 0) is 48.0 Å². The molecule has 0 aliphatic carbocycles. The van der Waals surface area contributed by atoms with E-state index >= 15 is 0 Å². The molecule has 2 aromatic carbocycles. The van der Waals surface area contributed by atoms with Crippen LogP contribution in [0.2, 0.25) is 0 Å². The molecule has 1 amide bonds. The van der Waals surface area contributed by atoms with Gasteiger partial charge in [0.1, 0.15) is 16.7 Å². The van der Waals surface area contributed by atoms with Crippen molar-refractivity contribution in [1.82, 2.24) is 0 Å². The van der Waals surface area contributed by atoms with Gasteiger partial charge in [0.2, 0.25) is 5.91 Å². The van der Waals surface area contributed by atoms with E-state index in [-0.39, 0.29) is 27.4 Å². The lowest BCUT2D eigenvalue weighted by molar-refractivity contribution is -0.393. The molecule has 2 atom stereocenters. The maximum atomic E-state index is 11.7. The SMILES string of the molecule is CC(=O)Nc1cc(N(C(C)Cl)C(C)Cl)ccc1N=Nc1c(Br)cc([N+](=O)[O-])cc1[N+](=O)[O-]. The summed E-state index contributed by atoms with van der Waals surface area (Å²) in [6.07, 6.45) is 0. The summed E-state index contributed by atoms with van der Waals surface area (Å²) in [6.45, 7) is 4.77. The number of carbonyl (C=O) groups is 1. The number of nitro benzene ring substituents is 2. The van der Waals surface area contributed by atoms with E-state index < -0.39 is 32.2 Å². The van der Waals surface area contributed by atoms with E-state index in [4.69, 9.17) is 23.2 Å². The quantitative estimate of drug-likeness (QED) is 0.129. The first-order valence-corrected chi connectivity index (χ1v) is 10.6. The zero-order chi connectivity index (χ0) is 24.2. The van der Waals surface area contributed by atoms with Crippen molar-refractivity contribution in [1.29, 1.82) is 0 Å². The Morgan fingerprint density at radius 1 is 1.09 bits per heavy atom. The van der Waals surface area contributed by atoms with Crippen LogP contribution in [0.3, 0.4) is 0 Å². The maximum Gasteiger partial charge on any atom is 0.304 e. The van der Waals surface area contributed by atoms with E-state index in [0.29, 0.717) is 5.69 Å². The van der Waals surface area contributed by atoms with Crippen LogP contribution < -0.4 is 10.2 Å². The van der Waals surface area contributed by atoms with Crippen molar-refractivity contribution in [2.45, 2.75) is 31.8 Å². The molecule has 2 rings (SSSR count). The van der Waals surface area contributed by atoms with Crippen LogP contribution in [0.5, 0.6) is 0 Å². The van der Waals surface area contributed by atoms with Crippen molar-refractivity contribution >= 4 is 79.2 Å². The Labute approximate surface area is 200 Å². The van der Waals surface area contributed by atoms with Crippen molar-refractivity contribution in [3.8, 4) is 0 Å². The van der Waals surface area contributed by atoms with Crippen LogP contribution in [-0.4, -0.2) is 26.8 Å². The largest absolute Gasteiger partial charge is 0.339 e.